The molecule has 1 saturated heterocycles. The lowest BCUT2D eigenvalue weighted by Gasteiger charge is -2.20. The Balaban J connectivity index is 1.73. The molecule has 2 amide bonds. The van der Waals surface area contributed by atoms with E-state index in [-0.39, 0.29) is 11.8 Å². The number of benzene rings is 2. The van der Waals surface area contributed by atoms with Crippen LogP contribution < -0.4 is 9.64 Å². The summed E-state index contributed by atoms with van der Waals surface area (Å²) in [6.45, 7) is 4.14. The zero-order chi connectivity index (χ0) is 20.4. The van der Waals surface area contributed by atoms with E-state index in [1.165, 1.54) is 24.3 Å². The van der Waals surface area contributed by atoms with Gasteiger partial charge in [0.05, 0.1) is 17.9 Å². The molecule has 0 aromatic heterocycles. The highest BCUT2D eigenvalue weighted by Crippen LogP contribution is 2.36. The number of likely N-dealkylation sites (tertiary alicyclic amines) is 1. The summed E-state index contributed by atoms with van der Waals surface area (Å²) in [5, 5.41) is 0. The lowest BCUT2D eigenvalue weighted by Crippen LogP contribution is -2.34. The Morgan fingerprint density at radius 2 is 1.59 bits per heavy atom. The lowest BCUT2D eigenvalue weighted by molar-refractivity contribution is -0.120. The fourth-order valence-electron chi connectivity index (χ4n) is 3.77. The van der Waals surface area contributed by atoms with Crippen molar-refractivity contribution in [1.29, 1.82) is 0 Å². The molecule has 2 aliphatic rings. The van der Waals surface area contributed by atoms with Crippen LogP contribution in [0.2, 0.25) is 0 Å². The van der Waals surface area contributed by atoms with Crippen LogP contribution in [0.5, 0.6) is 5.75 Å². The number of ether oxygens (including phenoxy) is 1. The van der Waals surface area contributed by atoms with Gasteiger partial charge in [0.25, 0.3) is 11.8 Å². The minimum atomic E-state index is -0.413. The molecule has 0 radical (unpaired) electrons. The van der Waals surface area contributed by atoms with Crippen molar-refractivity contribution in [2.75, 3.05) is 24.6 Å². The van der Waals surface area contributed by atoms with Crippen LogP contribution in [0.1, 0.15) is 31.7 Å². The van der Waals surface area contributed by atoms with Crippen molar-refractivity contribution in [2.45, 2.75) is 26.2 Å². The third-order valence-electron chi connectivity index (χ3n) is 5.18. The monoisotopic (exact) mass is 394 g/mol. The molecule has 2 aromatic carbocycles. The Morgan fingerprint density at radius 1 is 0.931 bits per heavy atom. The molecule has 1 fully saturated rings. The third-order valence-corrected chi connectivity index (χ3v) is 5.18. The number of nitrogens with zero attached hydrogens (tertiary/aromatic N) is 2. The molecular formula is C23H23FN2O3. The van der Waals surface area contributed by atoms with Crippen LogP contribution in [0.3, 0.4) is 0 Å². The molecule has 0 aliphatic carbocycles. The van der Waals surface area contributed by atoms with Gasteiger partial charge in [-0.1, -0.05) is 19.1 Å². The number of anilines is 1. The highest BCUT2D eigenvalue weighted by Gasteiger charge is 2.42. The van der Waals surface area contributed by atoms with Gasteiger partial charge in [-0.15, -0.1) is 0 Å². The largest absolute Gasteiger partial charge is 0.494 e. The maximum atomic E-state index is 13.3. The lowest BCUT2D eigenvalue weighted by atomic mass is 10.0. The Kier molecular flexibility index (Phi) is 5.34. The van der Waals surface area contributed by atoms with E-state index in [0.717, 1.165) is 43.0 Å². The van der Waals surface area contributed by atoms with E-state index in [4.69, 9.17) is 4.74 Å². The normalized spacial score (nSPS) is 16.9. The summed E-state index contributed by atoms with van der Waals surface area (Å²) in [6.07, 6.45) is 2.88. The van der Waals surface area contributed by atoms with Crippen LogP contribution in [0.15, 0.2) is 54.2 Å². The van der Waals surface area contributed by atoms with Gasteiger partial charge in [-0.05, 0) is 61.2 Å². The summed E-state index contributed by atoms with van der Waals surface area (Å²) in [7, 11) is 0. The van der Waals surface area contributed by atoms with Crippen molar-refractivity contribution in [2.24, 2.45) is 0 Å². The number of hydrogen-bond donors (Lipinski definition) is 0. The quantitative estimate of drug-likeness (QED) is 0.695. The summed E-state index contributed by atoms with van der Waals surface area (Å²) in [4.78, 5) is 29.7. The van der Waals surface area contributed by atoms with E-state index in [0.29, 0.717) is 29.1 Å². The molecule has 0 atom stereocenters. The van der Waals surface area contributed by atoms with Crippen molar-refractivity contribution in [3.63, 3.8) is 0 Å². The first-order valence-corrected chi connectivity index (χ1v) is 9.97. The predicted octanol–water partition coefficient (Wildman–Crippen LogP) is 3.99. The molecule has 2 aliphatic heterocycles. The first-order chi connectivity index (χ1) is 14.1. The van der Waals surface area contributed by atoms with Gasteiger partial charge in [-0.2, -0.15) is 0 Å². The van der Waals surface area contributed by atoms with Gasteiger partial charge < -0.3 is 9.64 Å². The molecule has 5 nitrogen and oxygen atoms in total. The number of halogens is 1. The van der Waals surface area contributed by atoms with Gasteiger partial charge in [-0.3, -0.25) is 9.59 Å². The van der Waals surface area contributed by atoms with Crippen molar-refractivity contribution >= 4 is 23.1 Å². The van der Waals surface area contributed by atoms with Crippen molar-refractivity contribution < 1.29 is 18.7 Å². The fourth-order valence-corrected chi connectivity index (χ4v) is 3.77. The number of rotatable bonds is 6. The van der Waals surface area contributed by atoms with Gasteiger partial charge in [-0.25, -0.2) is 9.29 Å². The number of amides is 2. The van der Waals surface area contributed by atoms with Gasteiger partial charge >= 0.3 is 0 Å². The molecule has 0 saturated carbocycles. The maximum Gasteiger partial charge on any atom is 0.282 e. The standard InChI is InChI=1S/C23H23FN2O3/c1-2-15-29-19-11-5-16(6-12-19)20-21(25-13-3-4-14-25)23(28)26(22(20)27)18-9-7-17(24)8-10-18/h5-12H,2-4,13-15H2,1H3. The maximum absolute atomic E-state index is 13.3. The van der Waals surface area contributed by atoms with E-state index >= 15 is 0 Å². The molecule has 150 valence electrons. The predicted molar refractivity (Wildman–Crippen MR) is 109 cm³/mol. The molecule has 2 heterocycles. The van der Waals surface area contributed by atoms with Gasteiger partial charge in [0.1, 0.15) is 17.3 Å². The van der Waals surface area contributed by atoms with Crippen molar-refractivity contribution in [3.8, 4) is 5.75 Å². The smallest absolute Gasteiger partial charge is 0.282 e. The summed E-state index contributed by atoms with van der Waals surface area (Å²) in [5.41, 5.74) is 1.87. The average Bonchev–Trinajstić information content (AvgIpc) is 3.34. The number of carbonyl (C=O) groups is 2. The minimum Gasteiger partial charge on any atom is -0.494 e. The summed E-state index contributed by atoms with van der Waals surface area (Å²) in [6, 6.07) is 12.7. The first kappa shape index (κ1) is 19.2. The van der Waals surface area contributed by atoms with Crippen LogP contribution >= 0.6 is 0 Å². The second kappa shape index (κ2) is 8.07. The first-order valence-electron chi connectivity index (χ1n) is 9.97. The Labute approximate surface area is 169 Å². The van der Waals surface area contributed by atoms with Crippen LogP contribution in [0, 0.1) is 5.82 Å². The van der Waals surface area contributed by atoms with Crippen LogP contribution in [0.25, 0.3) is 5.57 Å². The number of hydrogen-bond acceptors (Lipinski definition) is 4. The zero-order valence-electron chi connectivity index (χ0n) is 16.4. The number of imide groups is 1. The van der Waals surface area contributed by atoms with Crippen molar-refractivity contribution in [1.82, 2.24) is 4.90 Å². The van der Waals surface area contributed by atoms with E-state index < -0.39 is 5.82 Å². The highest BCUT2D eigenvalue weighted by atomic mass is 19.1. The Bertz CT molecular complexity index is 945. The second-order valence-corrected chi connectivity index (χ2v) is 7.21. The summed E-state index contributed by atoms with van der Waals surface area (Å²) in [5.74, 6) is -0.426. The SMILES string of the molecule is CCCOc1ccc(C2=C(N3CCCC3)C(=O)N(c3ccc(F)cc3)C2=O)cc1. The summed E-state index contributed by atoms with van der Waals surface area (Å²) < 4.78 is 19.0. The Morgan fingerprint density at radius 3 is 2.21 bits per heavy atom. The highest BCUT2D eigenvalue weighted by molar-refractivity contribution is 6.45. The van der Waals surface area contributed by atoms with Crippen LogP contribution in [0.4, 0.5) is 10.1 Å². The van der Waals surface area contributed by atoms with Gasteiger partial charge in [0.15, 0.2) is 0 Å². The average molecular weight is 394 g/mol. The third kappa shape index (κ3) is 3.62. The van der Waals surface area contributed by atoms with Gasteiger partial charge in [0, 0.05) is 13.1 Å². The topological polar surface area (TPSA) is 49.9 Å². The zero-order valence-corrected chi connectivity index (χ0v) is 16.4. The molecule has 0 spiro atoms. The van der Waals surface area contributed by atoms with Gasteiger partial charge in [0.2, 0.25) is 0 Å². The van der Waals surface area contributed by atoms with E-state index in [2.05, 4.69) is 0 Å². The molecular weight excluding hydrogens is 371 g/mol. The summed E-state index contributed by atoms with van der Waals surface area (Å²) >= 11 is 0. The van der Waals surface area contributed by atoms with Crippen LogP contribution in [-0.4, -0.2) is 36.4 Å². The molecule has 0 bridgehead atoms. The molecule has 2 aromatic rings. The minimum absolute atomic E-state index is 0.357. The van der Waals surface area contributed by atoms with E-state index in [9.17, 15) is 14.0 Å². The Hall–Kier alpha value is -3.15. The molecule has 0 unspecified atom stereocenters. The molecule has 29 heavy (non-hydrogen) atoms. The molecule has 0 N–H and O–H groups in total. The van der Waals surface area contributed by atoms with Crippen molar-refractivity contribution in [3.05, 3.63) is 65.6 Å². The molecule has 4 rings (SSSR count). The van der Waals surface area contributed by atoms with E-state index in [1.807, 2.05) is 36.1 Å². The number of carbonyl (C=O) groups excluding carboxylic acids is 2. The second-order valence-electron chi connectivity index (χ2n) is 7.21. The van der Waals surface area contributed by atoms with E-state index in [1.54, 1.807) is 0 Å². The van der Waals surface area contributed by atoms with Crippen LogP contribution in [-0.2, 0) is 9.59 Å². The molecule has 6 heteroatoms. The fraction of sp³-hybridized carbons (Fsp3) is 0.304.